The molecular formula is C10H9FO2S. The van der Waals surface area contributed by atoms with Gasteiger partial charge in [0.15, 0.2) is 11.6 Å². The second-order valence-corrected chi connectivity index (χ2v) is 3.67. The molecule has 0 aliphatic carbocycles. The molecule has 0 saturated carbocycles. The number of rotatable bonds is 2. The van der Waals surface area contributed by atoms with E-state index in [1.54, 1.807) is 13.2 Å². The average Bonchev–Trinajstić information content (AvgIpc) is 2.61. The van der Waals surface area contributed by atoms with E-state index in [1.165, 1.54) is 24.5 Å². The van der Waals surface area contributed by atoms with E-state index in [1.807, 2.05) is 5.38 Å². The van der Waals surface area contributed by atoms with Crippen molar-refractivity contribution in [1.82, 2.24) is 0 Å². The summed E-state index contributed by atoms with van der Waals surface area (Å²) in [7, 11) is 3.01. The number of fused-ring (bicyclic) bond motifs is 1. The van der Waals surface area contributed by atoms with E-state index in [9.17, 15) is 4.39 Å². The molecule has 14 heavy (non-hydrogen) atoms. The fraction of sp³-hybridized carbons (Fsp3) is 0.200. The molecule has 0 bridgehead atoms. The third-order valence-corrected chi connectivity index (χ3v) is 2.96. The highest BCUT2D eigenvalue weighted by Crippen LogP contribution is 2.39. The van der Waals surface area contributed by atoms with Crippen LogP contribution >= 0.6 is 11.3 Å². The third-order valence-electron chi connectivity index (χ3n) is 2.03. The third kappa shape index (κ3) is 1.23. The van der Waals surface area contributed by atoms with Crippen molar-refractivity contribution in [3.8, 4) is 11.5 Å². The lowest BCUT2D eigenvalue weighted by Crippen LogP contribution is -1.89. The van der Waals surface area contributed by atoms with E-state index in [0.29, 0.717) is 11.1 Å². The summed E-state index contributed by atoms with van der Waals surface area (Å²) in [4.78, 5) is 0. The van der Waals surface area contributed by atoms with E-state index < -0.39 is 0 Å². The van der Waals surface area contributed by atoms with Crippen molar-refractivity contribution in [1.29, 1.82) is 0 Å². The number of methoxy groups -OCH3 is 2. The zero-order chi connectivity index (χ0) is 10.1. The van der Waals surface area contributed by atoms with Gasteiger partial charge in [0.2, 0.25) is 0 Å². The summed E-state index contributed by atoms with van der Waals surface area (Å²) in [5.74, 6) is 0.540. The van der Waals surface area contributed by atoms with E-state index >= 15 is 0 Å². The van der Waals surface area contributed by atoms with E-state index in [-0.39, 0.29) is 11.6 Å². The molecule has 2 aromatic rings. The first kappa shape index (κ1) is 9.27. The lowest BCUT2D eigenvalue weighted by atomic mass is 10.2. The van der Waals surface area contributed by atoms with Crippen LogP contribution in [0.25, 0.3) is 10.1 Å². The molecule has 0 aliphatic heterocycles. The minimum Gasteiger partial charge on any atom is -0.495 e. The largest absolute Gasteiger partial charge is 0.495 e. The first-order chi connectivity index (χ1) is 6.77. The van der Waals surface area contributed by atoms with E-state index in [2.05, 4.69) is 0 Å². The van der Waals surface area contributed by atoms with Crippen molar-refractivity contribution in [2.45, 2.75) is 0 Å². The van der Waals surface area contributed by atoms with Crippen molar-refractivity contribution in [3.63, 3.8) is 0 Å². The first-order valence-electron chi connectivity index (χ1n) is 4.05. The molecule has 0 spiro atoms. The molecule has 0 amide bonds. The van der Waals surface area contributed by atoms with Crippen LogP contribution in [0.5, 0.6) is 11.5 Å². The molecule has 0 N–H and O–H groups in total. The Kier molecular flexibility index (Phi) is 2.29. The Morgan fingerprint density at radius 1 is 1.21 bits per heavy atom. The minimum absolute atomic E-state index is 0.251. The van der Waals surface area contributed by atoms with Crippen LogP contribution in [-0.4, -0.2) is 14.2 Å². The second kappa shape index (κ2) is 3.46. The molecule has 0 radical (unpaired) electrons. The standard InChI is InChI=1S/C10H9FO2S/c1-12-7-5-14-8-4-3-6(11)10(13-2)9(7)8/h3-5H,1-2H3. The molecule has 4 heteroatoms. The van der Waals surface area contributed by atoms with Gasteiger partial charge in [-0.3, -0.25) is 0 Å². The highest BCUT2D eigenvalue weighted by molar-refractivity contribution is 7.17. The van der Waals surface area contributed by atoms with E-state index in [4.69, 9.17) is 9.47 Å². The van der Waals surface area contributed by atoms with Crippen molar-refractivity contribution < 1.29 is 13.9 Å². The van der Waals surface area contributed by atoms with Crippen molar-refractivity contribution in [3.05, 3.63) is 23.3 Å². The van der Waals surface area contributed by atoms with Crippen LogP contribution in [0.15, 0.2) is 17.5 Å². The summed E-state index contributed by atoms with van der Waals surface area (Å²) in [5.41, 5.74) is 0. The van der Waals surface area contributed by atoms with Crippen molar-refractivity contribution in [2.24, 2.45) is 0 Å². The Hall–Kier alpha value is -1.29. The number of hydrogen-bond acceptors (Lipinski definition) is 3. The van der Waals surface area contributed by atoms with Gasteiger partial charge in [0.1, 0.15) is 5.75 Å². The second-order valence-electron chi connectivity index (χ2n) is 2.76. The average molecular weight is 212 g/mol. The maximum atomic E-state index is 13.3. The van der Waals surface area contributed by atoms with Crippen LogP contribution in [0.2, 0.25) is 0 Å². The molecule has 0 saturated heterocycles. The molecular weight excluding hydrogens is 203 g/mol. The van der Waals surface area contributed by atoms with Gasteiger partial charge in [0.05, 0.1) is 19.6 Å². The minimum atomic E-state index is -0.364. The number of thiophene rings is 1. The van der Waals surface area contributed by atoms with Crippen LogP contribution in [-0.2, 0) is 0 Å². The van der Waals surface area contributed by atoms with E-state index in [0.717, 1.165) is 4.70 Å². The zero-order valence-corrected chi connectivity index (χ0v) is 8.65. The number of benzene rings is 1. The summed E-state index contributed by atoms with van der Waals surface area (Å²) in [6.45, 7) is 0. The Balaban J connectivity index is 2.81. The van der Waals surface area contributed by atoms with Gasteiger partial charge < -0.3 is 9.47 Å². The van der Waals surface area contributed by atoms with Crippen LogP contribution in [0.3, 0.4) is 0 Å². The van der Waals surface area contributed by atoms with Gasteiger partial charge in [0.25, 0.3) is 0 Å². The van der Waals surface area contributed by atoms with Gasteiger partial charge in [-0.05, 0) is 12.1 Å². The molecule has 0 fully saturated rings. The van der Waals surface area contributed by atoms with Crippen molar-refractivity contribution >= 4 is 21.4 Å². The quantitative estimate of drug-likeness (QED) is 0.761. The van der Waals surface area contributed by atoms with Crippen LogP contribution in [0, 0.1) is 5.82 Å². The summed E-state index contributed by atoms with van der Waals surface area (Å²) in [6, 6.07) is 3.12. The van der Waals surface area contributed by atoms with Gasteiger partial charge in [-0.15, -0.1) is 11.3 Å². The Morgan fingerprint density at radius 3 is 2.64 bits per heavy atom. The molecule has 0 aliphatic rings. The van der Waals surface area contributed by atoms with Gasteiger partial charge in [-0.2, -0.15) is 0 Å². The van der Waals surface area contributed by atoms with Crippen LogP contribution < -0.4 is 9.47 Å². The molecule has 74 valence electrons. The maximum Gasteiger partial charge on any atom is 0.166 e. The molecule has 1 aromatic heterocycles. The molecule has 1 heterocycles. The Labute approximate surface area is 84.9 Å². The molecule has 1 aromatic carbocycles. The lowest BCUT2D eigenvalue weighted by Gasteiger charge is -2.04. The van der Waals surface area contributed by atoms with Gasteiger partial charge >= 0.3 is 0 Å². The lowest BCUT2D eigenvalue weighted by molar-refractivity contribution is 0.386. The fourth-order valence-corrected chi connectivity index (χ4v) is 2.30. The Morgan fingerprint density at radius 2 is 2.00 bits per heavy atom. The maximum absolute atomic E-state index is 13.3. The number of halogens is 1. The van der Waals surface area contributed by atoms with Gasteiger partial charge in [-0.25, -0.2) is 4.39 Å². The summed E-state index contributed by atoms with van der Waals surface area (Å²) < 4.78 is 24.4. The molecule has 0 atom stereocenters. The highest BCUT2D eigenvalue weighted by Gasteiger charge is 2.13. The Bertz CT molecular complexity index is 464. The SMILES string of the molecule is COc1csc2ccc(F)c(OC)c12. The fourth-order valence-electron chi connectivity index (χ4n) is 1.40. The predicted octanol–water partition coefficient (Wildman–Crippen LogP) is 3.06. The van der Waals surface area contributed by atoms with Gasteiger partial charge in [0, 0.05) is 10.1 Å². The summed E-state index contributed by atoms with van der Waals surface area (Å²) in [5, 5.41) is 2.55. The van der Waals surface area contributed by atoms with Gasteiger partial charge in [-0.1, -0.05) is 0 Å². The topological polar surface area (TPSA) is 18.5 Å². The highest BCUT2D eigenvalue weighted by atomic mass is 32.1. The normalized spacial score (nSPS) is 10.5. The monoisotopic (exact) mass is 212 g/mol. The zero-order valence-electron chi connectivity index (χ0n) is 7.83. The smallest absolute Gasteiger partial charge is 0.166 e. The molecule has 2 nitrogen and oxygen atoms in total. The van der Waals surface area contributed by atoms with Crippen LogP contribution in [0.4, 0.5) is 4.39 Å². The first-order valence-corrected chi connectivity index (χ1v) is 4.93. The molecule has 2 rings (SSSR count). The predicted molar refractivity (Wildman–Crippen MR) is 54.9 cm³/mol. The summed E-state index contributed by atoms with van der Waals surface area (Å²) in [6.07, 6.45) is 0. The number of hydrogen-bond donors (Lipinski definition) is 0. The molecule has 0 unspecified atom stereocenters. The van der Waals surface area contributed by atoms with Crippen molar-refractivity contribution in [2.75, 3.05) is 14.2 Å². The number of ether oxygens (including phenoxy) is 2. The summed E-state index contributed by atoms with van der Waals surface area (Å²) >= 11 is 1.51. The van der Waals surface area contributed by atoms with Crippen LogP contribution in [0.1, 0.15) is 0 Å².